The third kappa shape index (κ3) is 2.60. The van der Waals surface area contributed by atoms with Gasteiger partial charge in [0.25, 0.3) is 0 Å². The number of aliphatic imine (C=N–C) groups is 1. The lowest BCUT2D eigenvalue weighted by Gasteiger charge is -2.24. The quantitative estimate of drug-likeness (QED) is 0.602. The van der Waals surface area contributed by atoms with E-state index < -0.39 is 0 Å². The number of anilines is 2. The molecule has 5 heteroatoms. The van der Waals surface area contributed by atoms with Crippen molar-refractivity contribution in [3.8, 4) is 6.19 Å². The Balaban J connectivity index is 2.38. The van der Waals surface area contributed by atoms with E-state index in [1.807, 2.05) is 36.2 Å². The highest BCUT2D eigenvalue weighted by atomic mass is 16.5. The van der Waals surface area contributed by atoms with Gasteiger partial charge in [0.15, 0.2) is 0 Å². The van der Waals surface area contributed by atoms with Gasteiger partial charge in [0.1, 0.15) is 5.84 Å². The minimum absolute atomic E-state index is 0.602. The maximum Gasteiger partial charge on any atom is 0.207 e. The average molecular weight is 244 g/mol. The van der Waals surface area contributed by atoms with Crippen molar-refractivity contribution in [2.24, 2.45) is 4.99 Å². The fraction of sp³-hybridized carbons (Fsp3) is 0.385. The van der Waals surface area contributed by atoms with E-state index in [0.717, 1.165) is 22.8 Å². The second-order valence-corrected chi connectivity index (χ2v) is 4.19. The third-order valence-corrected chi connectivity index (χ3v) is 2.93. The van der Waals surface area contributed by atoms with Gasteiger partial charge < -0.3 is 15.4 Å². The maximum absolute atomic E-state index is 8.76. The number of ether oxygens (including phenoxy) is 1. The summed E-state index contributed by atoms with van der Waals surface area (Å²) in [6, 6.07) is 5.74. The van der Waals surface area contributed by atoms with Crippen LogP contribution < -0.4 is 10.6 Å². The lowest BCUT2D eigenvalue weighted by molar-refractivity contribution is 0.155. The number of hydrogen-bond donors (Lipinski definition) is 1. The van der Waals surface area contributed by atoms with Crippen LogP contribution in [0.15, 0.2) is 23.2 Å². The molecule has 94 valence electrons. The first-order valence-electron chi connectivity index (χ1n) is 5.89. The zero-order valence-corrected chi connectivity index (χ0v) is 10.4. The zero-order valence-electron chi connectivity index (χ0n) is 10.4. The first-order chi connectivity index (χ1) is 8.72. The summed E-state index contributed by atoms with van der Waals surface area (Å²) >= 11 is 0. The van der Waals surface area contributed by atoms with E-state index in [1.165, 1.54) is 0 Å². The lowest BCUT2D eigenvalue weighted by Crippen LogP contribution is -2.32. The molecule has 0 radical (unpaired) electrons. The Bertz CT molecular complexity index is 504. The van der Waals surface area contributed by atoms with Crippen molar-refractivity contribution in [2.75, 3.05) is 30.4 Å². The Hall–Kier alpha value is -2.06. The Morgan fingerprint density at radius 3 is 3.00 bits per heavy atom. The highest BCUT2D eigenvalue weighted by Gasteiger charge is 2.18. The van der Waals surface area contributed by atoms with Gasteiger partial charge in [0.05, 0.1) is 13.2 Å². The van der Waals surface area contributed by atoms with Crippen LogP contribution in [0.25, 0.3) is 0 Å². The summed E-state index contributed by atoms with van der Waals surface area (Å²) in [5, 5.41) is 8.76. The molecule has 18 heavy (non-hydrogen) atoms. The molecule has 1 aromatic carbocycles. The predicted octanol–water partition coefficient (Wildman–Crippen LogP) is 1.68. The van der Waals surface area contributed by atoms with Gasteiger partial charge in [-0.3, -0.25) is 0 Å². The van der Waals surface area contributed by atoms with Crippen molar-refractivity contribution in [3.63, 3.8) is 0 Å². The van der Waals surface area contributed by atoms with Gasteiger partial charge >= 0.3 is 0 Å². The van der Waals surface area contributed by atoms with Crippen molar-refractivity contribution >= 4 is 17.2 Å². The van der Waals surface area contributed by atoms with Gasteiger partial charge in [-0.15, -0.1) is 0 Å². The van der Waals surface area contributed by atoms with E-state index in [0.29, 0.717) is 26.2 Å². The molecule has 0 unspecified atom stereocenters. The molecule has 1 saturated heterocycles. The summed E-state index contributed by atoms with van der Waals surface area (Å²) in [4.78, 5) is 5.93. The van der Waals surface area contributed by atoms with Crippen molar-refractivity contribution in [2.45, 2.75) is 13.3 Å². The third-order valence-electron chi connectivity index (χ3n) is 2.93. The minimum atomic E-state index is 0.602. The molecule has 0 saturated carbocycles. The number of nitriles is 1. The van der Waals surface area contributed by atoms with Crippen LogP contribution in [0.4, 0.5) is 11.4 Å². The summed E-state index contributed by atoms with van der Waals surface area (Å²) in [6.45, 7) is 3.94. The standard InChI is InChI=1S/C13H16N4O/c1-10-8-11(15)2-3-12(10)17-5-7-18-6-4-13(17)16-9-14/h2-3,8H,4-7,15H2,1H3. The molecule has 2 rings (SSSR count). The van der Waals surface area contributed by atoms with Gasteiger partial charge in [-0.2, -0.15) is 10.3 Å². The fourth-order valence-corrected chi connectivity index (χ4v) is 2.10. The van der Waals surface area contributed by atoms with Crippen LogP contribution in [0.2, 0.25) is 0 Å². The van der Waals surface area contributed by atoms with Gasteiger partial charge in [-0.05, 0) is 30.7 Å². The van der Waals surface area contributed by atoms with Crippen molar-refractivity contribution in [1.82, 2.24) is 0 Å². The molecule has 0 aromatic heterocycles. The molecular weight excluding hydrogens is 228 g/mol. The molecule has 0 spiro atoms. The second kappa shape index (κ2) is 5.52. The molecule has 1 aliphatic rings. The van der Waals surface area contributed by atoms with Gasteiger partial charge in [-0.1, -0.05) is 0 Å². The van der Waals surface area contributed by atoms with E-state index >= 15 is 0 Å². The summed E-state index contributed by atoms with van der Waals surface area (Å²) < 4.78 is 5.43. The molecule has 0 bridgehead atoms. The van der Waals surface area contributed by atoms with Crippen LogP contribution in [0.3, 0.4) is 0 Å². The summed E-state index contributed by atoms with van der Waals surface area (Å²) in [7, 11) is 0. The SMILES string of the molecule is Cc1cc(N)ccc1N1CCOCCC1=NC#N. The number of amidine groups is 1. The lowest BCUT2D eigenvalue weighted by atomic mass is 10.1. The molecule has 1 heterocycles. The van der Waals surface area contributed by atoms with Crippen LogP contribution in [0.5, 0.6) is 0 Å². The monoisotopic (exact) mass is 244 g/mol. The Morgan fingerprint density at radius 1 is 1.44 bits per heavy atom. The van der Waals surface area contributed by atoms with Crippen LogP contribution in [0, 0.1) is 18.4 Å². The molecular formula is C13H16N4O. The highest BCUT2D eigenvalue weighted by molar-refractivity contribution is 5.99. The Morgan fingerprint density at radius 2 is 2.28 bits per heavy atom. The molecule has 5 nitrogen and oxygen atoms in total. The maximum atomic E-state index is 8.76. The van der Waals surface area contributed by atoms with E-state index in [9.17, 15) is 0 Å². The van der Waals surface area contributed by atoms with Crippen LogP contribution in [0.1, 0.15) is 12.0 Å². The highest BCUT2D eigenvalue weighted by Crippen LogP contribution is 2.24. The van der Waals surface area contributed by atoms with Crippen LogP contribution >= 0.6 is 0 Å². The zero-order chi connectivity index (χ0) is 13.0. The number of rotatable bonds is 1. The number of aryl methyl sites for hydroxylation is 1. The average Bonchev–Trinajstić information content (AvgIpc) is 2.56. The molecule has 1 aliphatic heterocycles. The fourth-order valence-electron chi connectivity index (χ4n) is 2.10. The van der Waals surface area contributed by atoms with E-state index in [1.54, 1.807) is 0 Å². The second-order valence-electron chi connectivity index (χ2n) is 4.19. The van der Waals surface area contributed by atoms with Crippen molar-refractivity contribution in [1.29, 1.82) is 5.26 Å². The number of hydrogen-bond acceptors (Lipinski definition) is 4. The van der Waals surface area contributed by atoms with Gasteiger partial charge in [-0.25, -0.2) is 0 Å². The van der Waals surface area contributed by atoms with Crippen molar-refractivity contribution in [3.05, 3.63) is 23.8 Å². The number of benzene rings is 1. The Labute approximate surface area is 106 Å². The predicted molar refractivity (Wildman–Crippen MR) is 71.4 cm³/mol. The van der Waals surface area contributed by atoms with E-state index in [2.05, 4.69) is 4.99 Å². The largest absolute Gasteiger partial charge is 0.399 e. The summed E-state index contributed by atoms with van der Waals surface area (Å²) in [5.74, 6) is 0.753. The van der Waals surface area contributed by atoms with Gasteiger partial charge in [0, 0.05) is 24.3 Å². The number of nitrogens with zero attached hydrogens (tertiary/aromatic N) is 3. The van der Waals surface area contributed by atoms with Crippen LogP contribution in [-0.4, -0.2) is 25.6 Å². The first-order valence-corrected chi connectivity index (χ1v) is 5.89. The summed E-state index contributed by atoms with van der Waals surface area (Å²) in [5.41, 5.74) is 8.60. The summed E-state index contributed by atoms with van der Waals surface area (Å²) in [6.07, 6.45) is 2.51. The molecule has 1 fully saturated rings. The Kier molecular flexibility index (Phi) is 3.80. The van der Waals surface area contributed by atoms with Crippen molar-refractivity contribution < 1.29 is 4.74 Å². The number of nitrogen functional groups attached to an aromatic ring is 1. The molecule has 1 aromatic rings. The topological polar surface area (TPSA) is 74.6 Å². The normalized spacial score (nSPS) is 18.4. The molecule has 0 amide bonds. The minimum Gasteiger partial charge on any atom is -0.399 e. The first kappa shape index (κ1) is 12.4. The smallest absolute Gasteiger partial charge is 0.207 e. The van der Waals surface area contributed by atoms with E-state index in [-0.39, 0.29) is 0 Å². The molecule has 0 aliphatic carbocycles. The van der Waals surface area contributed by atoms with Crippen LogP contribution in [-0.2, 0) is 4.74 Å². The van der Waals surface area contributed by atoms with E-state index in [4.69, 9.17) is 15.7 Å². The molecule has 2 N–H and O–H groups in total. The van der Waals surface area contributed by atoms with Gasteiger partial charge in [0.2, 0.25) is 6.19 Å². The number of nitrogens with two attached hydrogens (primary N) is 1. The molecule has 0 atom stereocenters.